The van der Waals surface area contributed by atoms with Gasteiger partial charge in [-0.3, -0.25) is 19.6 Å². The Morgan fingerprint density at radius 2 is 1.39 bits per heavy atom. The summed E-state index contributed by atoms with van der Waals surface area (Å²) in [7, 11) is 0. The molecule has 0 atom stereocenters. The second-order valence-corrected chi connectivity index (χ2v) is 7.86. The number of hydrogen-bond acceptors (Lipinski definition) is 5. The van der Waals surface area contributed by atoms with Crippen LogP contribution < -0.4 is 4.90 Å². The Hall–Kier alpha value is -2.08. The van der Waals surface area contributed by atoms with Gasteiger partial charge in [0.2, 0.25) is 0 Å². The molecule has 0 aliphatic heterocycles. The summed E-state index contributed by atoms with van der Waals surface area (Å²) in [6.07, 6.45) is 8.61. The first-order valence-electron chi connectivity index (χ1n) is 9.99. The van der Waals surface area contributed by atoms with Crippen molar-refractivity contribution in [2.75, 3.05) is 18.0 Å². The molecule has 0 amide bonds. The molecule has 4 rings (SSSR count). The topological polar surface area (TPSA) is 63.2 Å². The molecule has 6 heteroatoms. The predicted octanol–water partition coefficient (Wildman–Crippen LogP) is 4.81. The summed E-state index contributed by atoms with van der Waals surface area (Å²) in [4.78, 5) is 33.7. The standard InChI is InChI=1S/C13H18N2O.C9H8BrNO/c1-3-15(4-2)11-8-9-14-13-10(11)6-5-7-12(13)16;10-7-4-5-11-9-6(7)2-1-3-8(9)12/h8-9H,3-7H2,1-2H3;4-5H,1-3H2. The third kappa shape index (κ3) is 4.32. The molecular weight excluding hydrogens is 418 g/mol. The number of halogens is 1. The van der Waals surface area contributed by atoms with Gasteiger partial charge in [0.15, 0.2) is 11.6 Å². The van der Waals surface area contributed by atoms with Crippen molar-refractivity contribution in [3.8, 4) is 0 Å². The number of fused-ring (bicyclic) bond motifs is 2. The van der Waals surface area contributed by atoms with Gasteiger partial charge in [-0.05, 0) is 57.2 Å². The van der Waals surface area contributed by atoms with Crippen LogP contribution in [0.15, 0.2) is 29.0 Å². The molecular formula is C22H26BrN3O2. The average Bonchev–Trinajstić information content (AvgIpc) is 2.71. The molecule has 0 bridgehead atoms. The second kappa shape index (κ2) is 9.41. The number of hydrogen-bond donors (Lipinski definition) is 0. The fraction of sp³-hybridized carbons (Fsp3) is 0.455. The second-order valence-electron chi connectivity index (χ2n) is 7.00. The van der Waals surface area contributed by atoms with Gasteiger partial charge < -0.3 is 4.90 Å². The van der Waals surface area contributed by atoms with E-state index in [0.717, 1.165) is 54.4 Å². The SMILES string of the molecule is CCN(CC)c1ccnc2c1CCCC2=O.O=C1CCCc2c(Br)ccnc21. The molecule has 2 aliphatic rings. The summed E-state index contributed by atoms with van der Waals surface area (Å²) in [6, 6.07) is 3.92. The van der Waals surface area contributed by atoms with Crippen LogP contribution in [0.1, 0.15) is 71.6 Å². The van der Waals surface area contributed by atoms with E-state index in [2.05, 4.69) is 44.6 Å². The van der Waals surface area contributed by atoms with Crippen LogP contribution in [0, 0.1) is 0 Å². The van der Waals surface area contributed by atoms with Gasteiger partial charge in [-0.25, -0.2) is 0 Å². The van der Waals surface area contributed by atoms with Crippen molar-refractivity contribution in [1.29, 1.82) is 0 Å². The maximum absolute atomic E-state index is 11.8. The van der Waals surface area contributed by atoms with Gasteiger partial charge in [0, 0.05) is 54.0 Å². The maximum atomic E-state index is 11.8. The zero-order chi connectivity index (χ0) is 20.1. The third-order valence-corrected chi connectivity index (χ3v) is 6.07. The Balaban J connectivity index is 0.000000167. The van der Waals surface area contributed by atoms with Crippen molar-refractivity contribution in [1.82, 2.24) is 9.97 Å². The highest BCUT2D eigenvalue weighted by atomic mass is 79.9. The van der Waals surface area contributed by atoms with E-state index in [0.29, 0.717) is 24.2 Å². The fourth-order valence-corrected chi connectivity index (χ4v) is 4.37. The summed E-state index contributed by atoms with van der Waals surface area (Å²) in [6.45, 7) is 6.23. The highest BCUT2D eigenvalue weighted by molar-refractivity contribution is 9.10. The van der Waals surface area contributed by atoms with E-state index in [1.807, 2.05) is 12.1 Å². The van der Waals surface area contributed by atoms with E-state index in [-0.39, 0.29) is 11.6 Å². The number of anilines is 1. The van der Waals surface area contributed by atoms with Crippen molar-refractivity contribution in [2.24, 2.45) is 0 Å². The zero-order valence-electron chi connectivity index (χ0n) is 16.5. The summed E-state index contributed by atoms with van der Waals surface area (Å²) in [5, 5.41) is 0. The Morgan fingerprint density at radius 1 is 0.857 bits per heavy atom. The fourth-order valence-electron chi connectivity index (χ4n) is 3.86. The molecule has 0 saturated carbocycles. The minimum absolute atomic E-state index is 0.178. The molecule has 0 aromatic carbocycles. The number of rotatable bonds is 3. The molecule has 28 heavy (non-hydrogen) atoms. The third-order valence-electron chi connectivity index (χ3n) is 5.32. The molecule has 0 spiro atoms. The number of nitrogens with zero attached hydrogens (tertiary/aromatic N) is 3. The first-order chi connectivity index (χ1) is 13.6. The van der Waals surface area contributed by atoms with Gasteiger partial charge in [-0.15, -0.1) is 0 Å². The summed E-state index contributed by atoms with van der Waals surface area (Å²) < 4.78 is 1.01. The van der Waals surface area contributed by atoms with Crippen molar-refractivity contribution >= 4 is 33.2 Å². The maximum Gasteiger partial charge on any atom is 0.181 e. The van der Waals surface area contributed by atoms with Crippen LogP contribution in [-0.2, 0) is 12.8 Å². The summed E-state index contributed by atoms with van der Waals surface area (Å²) in [5.74, 6) is 0.382. The zero-order valence-corrected chi connectivity index (χ0v) is 18.1. The number of carbonyl (C=O) groups is 2. The Kier molecular flexibility index (Phi) is 6.94. The lowest BCUT2D eigenvalue weighted by atomic mass is 9.93. The molecule has 0 saturated heterocycles. The molecule has 2 heterocycles. The van der Waals surface area contributed by atoms with E-state index < -0.39 is 0 Å². The van der Waals surface area contributed by atoms with Crippen LogP contribution in [0.3, 0.4) is 0 Å². The van der Waals surface area contributed by atoms with Gasteiger partial charge in [0.05, 0.1) is 0 Å². The quantitative estimate of drug-likeness (QED) is 0.680. The van der Waals surface area contributed by atoms with Gasteiger partial charge in [-0.1, -0.05) is 15.9 Å². The van der Waals surface area contributed by atoms with Crippen LogP contribution in [0.5, 0.6) is 0 Å². The van der Waals surface area contributed by atoms with Crippen molar-refractivity contribution in [2.45, 2.75) is 52.4 Å². The first-order valence-corrected chi connectivity index (χ1v) is 10.8. The molecule has 2 aromatic heterocycles. The van der Waals surface area contributed by atoms with Crippen molar-refractivity contribution in [3.63, 3.8) is 0 Å². The highest BCUT2D eigenvalue weighted by Gasteiger charge is 2.22. The minimum atomic E-state index is 0.178. The van der Waals surface area contributed by atoms with Gasteiger partial charge in [0.25, 0.3) is 0 Å². The van der Waals surface area contributed by atoms with Crippen molar-refractivity contribution in [3.05, 3.63) is 51.5 Å². The molecule has 5 nitrogen and oxygen atoms in total. The smallest absolute Gasteiger partial charge is 0.181 e. The van der Waals surface area contributed by atoms with E-state index in [9.17, 15) is 9.59 Å². The van der Waals surface area contributed by atoms with Crippen LogP contribution >= 0.6 is 15.9 Å². The van der Waals surface area contributed by atoms with E-state index in [1.54, 1.807) is 12.4 Å². The first kappa shape index (κ1) is 20.6. The number of aromatic nitrogens is 2. The Labute approximate surface area is 174 Å². The summed E-state index contributed by atoms with van der Waals surface area (Å²) >= 11 is 3.42. The lowest BCUT2D eigenvalue weighted by Gasteiger charge is -2.26. The molecule has 0 fully saturated rings. The minimum Gasteiger partial charge on any atom is -0.372 e. The van der Waals surface area contributed by atoms with Crippen LogP contribution in [-0.4, -0.2) is 34.6 Å². The van der Waals surface area contributed by atoms with E-state index in [4.69, 9.17) is 0 Å². The van der Waals surface area contributed by atoms with Crippen LogP contribution in [0.25, 0.3) is 0 Å². The number of pyridine rings is 2. The highest BCUT2D eigenvalue weighted by Crippen LogP contribution is 2.29. The molecule has 0 radical (unpaired) electrons. The number of ketones is 2. The normalized spacial score (nSPS) is 15.2. The lowest BCUT2D eigenvalue weighted by Crippen LogP contribution is -2.25. The molecule has 0 N–H and O–H groups in total. The Morgan fingerprint density at radius 3 is 1.96 bits per heavy atom. The van der Waals surface area contributed by atoms with Crippen LogP contribution in [0.4, 0.5) is 5.69 Å². The van der Waals surface area contributed by atoms with E-state index in [1.165, 1.54) is 5.69 Å². The van der Waals surface area contributed by atoms with Gasteiger partial charge >= 0.3 is 0 Å². The van der Waals surface area contributed by atoms with Crippen molar-refractivity contribution < 1.29 is 9.59 Å². The molecule has 148 valence electrons. The summed E-state index contributed by atoms with van der Waals surface area (Å²) in [5.41, 5.74) is 4.80. The van der Waals surface area contributed by atoms with Gasteiger partial charge in [0.1, 0.15) is 11.4 Å². The lowest BCUT2D eigenvalue weighted by molar-refractivity contribution is 0.0959. The average molecular weight is 444 g/mol. The Bertz CT molecular complexity index is 878. The van der Waals surface area contributed by atoms with Crippen LogP contribution in [0.2, 0.25) is 0 Å². The number of Topliss-reactive ketones (excluding diaryl/α,β-unsaturated/α-hetero) is 2. The molecule has 0 unspecified atom stereocenters. The number of carbonyl (C=O) groups excluding carboxylic acids is 2. The molecule has 2 aliphatic carbocycles. The van der Waals surface area contributed by atoms with E-state index >= 15 is 0 Å². The monoisotopic (exact) mass is 443 g/mol. The molecule has 2 aromatic rings. The largest absolute Gasteiger partial charge is 0.372 e. The van der Waals surface area contributed by atoms with Gasteiger partial charge in [-0.2, -0.15) is 0 Å². The predicted molar refractivity (Wildman–Crippen MR) is 114 cm³/mol.